The van der Waals surface area contributed by atoms with E-state index in [0.29, 0.717) is 5.52 Å². The van der Waals surface area contributed by atoms with Gasteiger partial charge in [0.05, 0.1) is 0 Å². The van der Waals surface area contributed by atoms with Crippen LogP contribution in [-0.2, 0) is 11.2 Å². The number of benzene rings is 1. The standard InChI is InChI=1S/C9H6FNO3/c10-5-1-2-6-7(3-5)14-8(11-6)4-9(12)13/h1-3H,4H2,(H,12,13). The average Bonchev–Trinajstić information content (AvgIpc) is 2.44. The SMILES string of the molecule is O=C(O)Cc1nc2ccc(F)cc2o1. The number of aromatic nitrogens is 1. The van der Waals surface area contributed by atoms with Gasteiger partial charge in [0.2, 0.25) is 5.89 Å². The lowest BCUT2D eigenvalue weighted by molar-refractivity contribution is -0.136. The molecule has 1 heterocycles. The van der Waals surface area contributed by atoms with Crippen LogP contribution in [-0.4, -0.2) is 16.1 Å². The lowest BCUT2D eigenvalue weighted by atomic mass is 10.3. The predicted octanol–water partition coefficient (Wildman–Crippen LogP) is 1.59. The molecule has 72 valence electrons. The van der Waals surface area contributed by atoms with E-state index in [1.807, 2.05) is 0 Å². The van der Waals surface area contributed by atoms with Gasteiger partial charge in [-0.3, -0.25) is 4.79 Å². The van der Waals surface area contributed by atoms with Crippen LogP contribution in [0.25, 0.3) is 11.1 Å². The van der Waals surface area contributed by atoms with E-state index in [-0.39, 0.29) is 17.9 Å². The quantitative estimate of drug-likeness (QED) is 0.790. The summed E-state index contributed by atoms with van der Waals surface area (Å²) in [5, 5.41) is 8.47. The number of fused-ring (bicyclic) bond motifs is 1. The summed E-state index contributed by atoms with van der Waals surface area (Å²) in [5.74, 6) is -1.38. The largest absolute Gasteiger partial charge is 0.481 e. The Labute approximate surface area is 78.0 Å². The fourth-order valence-corrected chi connectivity index (χ4v) is 1.15. The zero-order valence-corrected chi connectivity index (χ0v) is 7.03. The second-order valence-corrected chi connectivity index (χ2v) is 2.79. The number of carbonyl (C=O) groups is 1. The first-order valence-corrected chi connectivity index (χ1v) is 3.92. The van der Waals surface area contributed by atoms with Gasteiger partial charge < -0.3 is 9.52 Å². The van der Waals surface area contributed by atoms with Crippen molar-refractivity contribution in [1.29, 1.82) is 0 Å². The van der Waals surface area contributed by atoms with Gasteiger partial charge in [-0.1, -0.05) is 0 Å². The Morgan fingerprint density at radius 3 is 3.07 bits per heavy atom. The van der Waals surface area contributed by atoms with Gasteiger partial charge in [-0.25, -0.2) is 9.37 Å². The summed E-state index contributed by atoms with van der Waals surface area (Å²) in [7, 11) is 0. The number of halogens is 1. The molecule has 0 bridgehead atoms. The van der Waals surface area contributed by atoms with Crippen molar-refractivity contribution < 1.29 is 18.7 Å². The molecule has 1 aromatic carbocycles. The van der Waals surface area contributed by atoms with Crippen LogP contribution in [0.3, 0.4) is 0 Å². The molecule has 0 amide bonds. The molecule has 0 aliphatic heterocycles. The van der Waals surface area contributed by atoms with Gasteiger partial charge >= 0.3 is 5.97 Å². The number of carboxylic acids is 1. The van der Waals surface area contributed by atoms with Crippen molar-refractivity contribution in [2.45, 2.75) is 6.42 Å². The fraction of sp³-hybridized carbons (Fsp3) is 0.111. The van der Waals surface area contributed by atoms with E-state index in [0.717, 1.165) is 0 Å². The number of hydrogen-bond donors (Lipinski definition) is 1. The second-order valence-electron chi connectivity index (χ2n) is 2.79. The van der Waals surface area contributed by atoms with Crippen molar-refractivity contribution in [3.63, 3.8) is 0 Å². The third-order valence-electron chi connectivity index (χ3n) is 1.70. The van der Waals surface area contributed by atoms with Gasteiger partial charge in [0.25, 0.3) is 0 Å². The molecule has 0 aliphatic rings. The van der Waals surface area contributed by atoms with E-state index < -0.39 is 11.8 Å². The van der Waals surface area contributed by atoms with E-state index in [1.165, 1.54) is 18.2 Å². The molecule has 0 spiro atoms. The minimum Gasteiger partial charge on any atom is -0.481 e. The maximum atomic E-state index is 12.7. The predicted molar refractivity (Wildman–Crippen MR) is 45.3 cm³/mol. The highest BCUT2D eigenvalue weighted by Gasteiger charge is 2.09. The molecule has 4 nitrogen and oxygen atoms in total. The van der Waals surface area contributed by atoms with Crippen LogP contribution < -0.4 is 0 Å². The third-order valence-corrected chi connectivity index (χ3v) is 1.70. The summed E-state index contributed by atoms with van der Waals surface area (Å²) >= 11 is 0. The molecule has 2 aromatic rings. The van der Waals surface area contributed by atoms with Crippen molar-refractivity contribution in [1.82, 2.24) is 4.98 Å². The summed E-state index contributed by atoms with van der Waals surface area (Å²) in [5.41, 5.74) is 0.726. The van der Waals surface area contributed by atoms with E-state index in [4.69, 9.17) is 9.52 Å². The summed E-state index contributed by atoms with van der Waals surface area (Å²) in [6, 6.07) is 3.86. The Hall–Kier alpha value is -1.91. The van der Waals surface area contributed by atoms with Crippen molar-refractivity contribution in [2.75, 3.05) is 0 Å². The molecule has 1 aromatic heterocycles. The van der Waals surface area contributed by atoms with Crippen molar-refractivity contribution in [2.24, 2.45) is 0 Å². The van der Waals surface area contributed by atoms with E-state index in [2.05, 4.69) is 4.98 Å². The topological polar surface area (TPSA) is 63.3 Å². The van der Waals surface area contributed by atoms with Gasteiger partial charge in [-0.15, -0.1) is 0 Å². The van der Waals surface area contributed by atoms with Crippen molar-refractivity contribution >= 4 is 17.1 Å². The molecule has 0 fully saturated rings. The highest BCUT2D eigenvalue weighted by molar-refractivity contribution is 5.74. The Bertz CT molecular complexity index is 492. The van der Waals surface area contributed by atoms with E-state index in [1.54, 1.807) is 0 Å². The number of rotatable bonds is 2. The molecule has 5 heteroatoms. The van der Waals surface area contributed by atoms with Crippen LogP contribution in [0.4, 0.5) is 4.39 Å². The maximum absolute atomic E-state index is 12.7. The summed E-state index contributed by atoms with van der Waals surface area (Å²) in [4.78, 5) is 14.2. The van der Waals surface area contributed by atoms with E-state index in [9.17, 15) is 9.18 Å². The van der Waals surface area contributed by atoms with Crippen LogP contribution in [0, 0.1) is 5.82 Å². The van der Waals surface area contributed by atoms with Gasteiger partial charge in [0.1, 0.15) is 17.8 Å². The average molecular weight is 195 g/mol. The molecule has 0 saturated heterocycles. The molecule has 1 N–H and O–H groups in total. The van der Waals surface area contributed by atoms with Crippen molar-refractivity contribution in [3.8, 4) is 0 Å². The van der Waals surface area contributed by atoms with Crippen LogP contribution >= 0.6 is 0 Å². The first kappa shape index (κ1) is 8.68. The lowest BCUT2D eigenvalue weighted by Gasteiger charge is -1.85. The minimum absolute atomic E-state index is 0.0816. The van der Waals surface area contributed by atoms with Crippen molar-refractivity contribution in [3.05, 3.63) is 29.9 Å². The molecule has 2 rings (SSSR count). The minimum atomic E-state index is -1.03. The lowest BCUT2D eigenvalue weighted by Crippen LogP contribution is -1.99. The number of oxazole rings is 1. The second kappa shape index (κ2) is 3.10. The first-order valence-electron chi connectivity index (χ1n) is 3.92. The first-order chi connectivity index (χ1) is 6.65. The summed E-state index contributed by atoms with van der Waals surface area (Å²) in [6.45, 7) is 0. The molecule has 0 saturated carbocycles. The molecular formula is C9H6FNO3. The Morgan fingerprint density at radius 2 is 2.36 bits per heavy atom. The Morgan fingerprint density at radius 1 is 1.57 bits per heavy atom. The van der Waals surface area contributed by atoms with Crippen LogP contribution in [0.5, 0.6) is 0 Å². The summed E-state index contributed by atoms with van der Waals surface area (Å²) in [6.07, 6.45) is -0.295. The maximum Gasteiger partial charge on any atom is 0.312 e. The van der Waals surface area contributed by atoms with Gasteiger partial charge in [-0.2, -0.15) is 0 Å². The molecule has 0 atom stereocenters. The smallest absolute Gasteiger partial charge is 0.312 e. The van der Waals surface area contributed by atoms with E-state index >= 15 is 0 Å². The number of aliphatic carboxylic acids is 1. The molecule has 0 radical (unpaired) electrons. The summed E-state index contributed by atoms with van der Waals surface area (Å²) < 4.78 is 17.7. The zero-order chi connectivity index (χ0) is 10.1. The highest BCUT2D eigenvalue weighted by atomic mass is 19.1. The van der Waals surface area contributed by atoms with Crippen LogP contribution in [0.15, 0.2) is 22.6 Å². The molecule has 14 heavy (non-hydrogen) atoms. The third kappa shape index (κ3) is 1.56. The number of carboxylic acid groups (broad SMARTS) is 1. The van der Waals surface area contributed by atoms with Gasteiger partial charge in [-0.05, 0) is 12.1 Å². The molecular weight excluding hydrogens is 189 g/mol. The highest BCUT2D eigenvalue weighted by Crippen LogP contribution is 2.16. The number of hydrogen-bond acceptors (Lipinski definition) is 3. The number of nitrogens with zero attached hydrogens (tertiary/aromatic N) is 1. The van der Waals surface area contributed by atoms with Crippen LogP contribution in [0.1, 0.15) is 5.89 Å². The molecule has 0 unspecified atom stereocenters. The Balaban J connectivity index is 2.46. The normalized spacial score (nSPS) is 10.6. The fourth-order valence-electron chi connectivity index (χ4n) is 1.15. The Kier molecular flexibility index (Phi) is 1.92. The van der Waals surface area contributed by atoms with Crippen LogP contribution in [0.2, 0.25) is 0 Å². The zero-order valence-electron chi connectivity index (χ0n) is 7.03. The van der Waals surface area contributed by atoms with Gasteiger partial charge in [0.15, 0.2) is 5.58 Å². The molecule has 0 aliphatic carbocycles. The van der Waals surface area contributed by atoms with Gasteiger partial charge in [0, 0.05) is 6.07 Å². The monoisotopic (exact) mass is 195 g/mol.